The van der Waals surface area contributed by atoms with Gasteiger partial charge in [0.15, 0.2) is 55.6 Å². The quantitative estimate of drug-likeness (QED) is 0.0480. The normalized spacial score (nSPS) is 14.2. The summed E-state index contributed by atoms with van der Waals surface area (Å²) in [6, 6.07) is 45.6. The molecule has 0 bridgehead atoms. The van der Waals surface area contributed by atoms with Crippen LogP contribution >= 0.6 is 0 Å². The minimum atomic E-state index is -3.49. The van der Waals surface area contributed by atoms with Crippen LogP contribution in [-0.4, -0.2) is 217 Å². The monoisotopic (exact) mass is 1760 g/mol. The zero-order chi connectivity index (χ0) is 90.2. The zero-order valence-electron chi connectivity index (χ0n) is 74.0. The molecular formula is C92H114N16O12S4. The Kier molecular flexibility index (Phi) is 29.1. The summed E-state index contributed by atoms with van der Waals surface area (Å²) >= 11 is 0. The van der Waals surface area contributed by atoms with Crippen molar-refractivity contribution in [2.45, 2.75) is 156 Å². The largest absolute Gasteiger partial charge is 0.358 e. The molecule has 12 aromatic rings. The lowest BCUT2D eigenvalue weighted by molar-refractivity contribution is -0.114. The zero-order valence-corrected chi connectivity index (χ0v) is 77.2. The number of hydrogen-bond donors (Lipinski definition) is 0. The van der Waals surface area contributed by atoms with Crippen molar-refractivity contribution in [1.29, 1.82) is 0 Å². The summed E-state index contributed by atoms with van der Waals surface area (Å²) in [4.78, 5) is 88.9. The molecule has 4 aromatic carbocycles. The molecule has 2 saturated heterocycles. The number of aromatic nitrogens is 12. The molecule has 28 nitrogen and oxygen atoms in total. The van der Waals surface area contributed by atoms with E-state index in [0.29, 0.717) is 112 Å². The summed E-state index contributed by atoms with van der Waals surface area (Å²) in [5, 5.41) is 17.3. The van der Waals surface area contributed by atoms with Gasteiger partial charge in [0.05, 0.1) is 96.3 Å². The average molecular weight is 1760 g/mol. The van der Waals surface area contributed by atoms with Gasteiger partial charge in [-0.3, -0.25) is 28.2 Å². The molecule has 0 atom stereocenters. The number of ketones is 5. The van der Waals surface area contributed by atoms with E-state index in [-0.39, 0.29) is 112 Å². The molecule has 124 heavy (non-hydrogen) atoms. The summed E-state index contributed by atoms with van der Waals surface area (Å²) < 4.78 is 89.5. The summed E-state index contributed by atoms with van der Waals surface area (Å²) in [5.41, 5.74) is 12.6. The van der Waals surface area contributed by atoms with E-state index in [4.69, 9.17) is 0 Å². The summed E-state index contributed by atoms with van der Waals surface area (Å²) in [7, 11) is -4.76. The molecule has 0 unspecified atom stereocenters. The Labute approximate surface area is 729 Å². The van der Waals surface area contributed by atoms with Crippen LogP contribution in [0.2, 0.25) is 0 Å². The molecule has 8 aromatic heterocycles. The average Bonchev–Trinajstić information content (AvgIpc) is 1.55. The lowest BCUT2D eigenvalue weighted by Gasteiger charge is -2.32. The molecule has 0 radical (unpaired) electrons. The van der Waals surface area contributed by atoms with Crippen LogP contribution < -0.4 is 19.6 Å². The van der Waals surface area contributed by atoms with Crippen LogP contribution in [0.3, 0.4) is 0 Å². The van der Waals surface area contributed by atoms with Crippen LogP contribution in [0.5, 0.6) is 0 Å². The van der Waals surface area contributed by atoms with E-state index in [1.807, 2.05) is 133 Å². The number of anilines is 4. The van der Waals surface area contributed by atoms with Crippen LogP contribution in [0.15, 0.2) is 170 Å². The van der Waals surface area contributed by atoms with Gasteiger partial charge in [0.2, 0.25) is 0 Å². The molecule has 0 amide bonds. The van der Waals surface area contributed by atoms with Gasteiger partial charge >= 0.3 is 0 Å². The van der Waals surface area contributed by atoms with E-state index in [9.17, 15) is 53.4 Å². The van der Waals surface area contributed by atoms with Gasteiger partial charge in [0, 0.05) is 153 Å². The van der Waals surface area contributed by atoms with Crippen LogP contribution in [0.1, 0.15) is 189 Å². The van der Waals surface area contributed by atoms with Crippen molar-refractivity contribution < 1.29 is 53.4 Å². The van der Waals surface area contributed by atoms with Gasteiger partial charge in [-0.2, -0.15) is 38.5 Å². The fraction of sp³-hybridized carbons (Fsp3) is 0.424. The topological polar surface area (TPSA) is 339 Å². The maximum absolute atomic E-state index is 13.0. The maximum atomic E-state index is 13.0. The molecule has 2 aliphatic heterocycles. The predicted molar refractivity (Wildman–Crippen MR) is 490 cm³/mol. The van der Waals surface area contributed by atoms with Crippen LogP contribution in [0.4, 0.5) is 23.3 Å². The summed E-state index contributed by atoms with van der Waals surface area (Å²) in [6.07, 6.45) is 9.70. The minimum absolute atomic E-state index is 0.00750. The Morgan fingerprint density at radius 1 is 0.435 bits per heavy atom. The second-order valence-electron chi connectivity index (χ2n) is 36.1. The maximum Gasteiger partial charge on any atom is 0.168 e. The highest BCUT2D eigenvalue weighted by atomic mass is 32.2. The van der Waals surface area contributed by atoms with Crippen LogP contribution in [0.25, 0.3) is 22.6 Å². The molecule has 658 valence electrons. The third kappa shape index (κ3) is 24.9. The molecule has 10 heterocycles. The van der Waals surface area contributed by atoms with Crippen molar-refractivity contribution in [3.63, 3.8) is 0 Å². The number of fused-ring (bicyclic) bond motifs is 4. The summed E-state index contributed by atoms with van der Waals surface area (Å²) in [5.74, 6) is 3.75. The van der Waals surface area contributed by atoms with Crippen molar-refractivity contribution >= 4 is 115 Å². The van der Waals surface area contributed by atoms with Gasteiger partial charge in [-0.15, -0.1) is 0 Å². The predicted octanol–water partition coefficient (Wildman–Crippen LogP) is 12.3. The molecule has 0 aliphatic carbocycles. The van der Waals surface area contributed by atoms with Crippen molar-refractivity contribution in [1.82, 2.24) is 58.4 Å². The summed E-state index contributed by atoms with van der Waals surface area (Å²) in [6.45, 7) is 28.9. The smallest absolute Gasteiger partial charge is 0.168 e. The second-order valence-corrected chi connectivity index (χ2v) is 44.6. The number of benzene rings is 4. The first kappa shape index (κ1) is 93.6. The van der Waals surface area contributed by atoms with Crippen molar-refractivity contribution in [2.24, 2.45) is 0 Å². The molecule has 0 spiro atoms. The fourth-order valence-electron chi connectivity index (χ4n) is 14.4. The highest BCUT2D eigenvalue weighted by Crippen LogP contribution is 2.31. The number of carbonyl (C=O) groups excluding carboxylic acids is 5. The van der Waals surface area contributed by atoms with Gasteiger partial charge in [0.1, 0.15) is 54.5 Å². The molecule has 32 heteroatoms. The lowest BCUT2D eigenvalue weighted by Crippen LogP contribution is -2.40. The Hall–Kier alpha value is -11.1. The lowest BCUT2D eigenvalue weighted by atomic mass is 9.86. The highest BCUT2D eigenvalue weighted by Gasteiger charge is 2.30. The van der Waals surface area contributed by atoms with Gasteiger partial charge in [-0.1, -0.05) is 180 Å². The standard InChI is InChI=1S/C24H30N4O4S.C24H30N4O3S.C22H28N4O3S.C22H26N4O2S/c1-17(29)16-33(31,32)13-12-27(5)23-15-20(26-22-10-11-25-28(22)23)14-21(30)18-6-8-19(9-7-18)24(2,3)4;1-24(2,3)18-7-5-17(6-8-18)21(29)15-19-16-23(28-22(26-19)9-12-25-28)27(4)20-10-13-32(30,31)14-11-20;1-22(2,3)17-8-6-16(7-9-17)19(27)14-18-15-21(25(4)12-13-30(5,28)29)26-20(24-18)10-11-23-26;1-22(2,3)17-6-4-16(5-7-17)19(27)14-18-15-21(25-10-12-29(28)13-11-25)26-20(24-18)8-9-23-26/h6-11,15H,12-14,16H2,1-5H3;5-9,12,16,20H,10-11,13-15H2,1-4H3;6-11,15H,12-14H2,1-5H3;4-9,15H,10-14H2,1-3H3. The van der Waals surface area contributed by atoms with E-state index in [1.54, 1.807) is 86.1 Å². The van der Waals surface area contributed by atoms with Crippen molar-refractivity contribution in [3.8, 4) is 0 Å². The number of hydrogen-bond acceptors (Lipinski definition) is 24. The molecule has 2 aliphatic rings. The van der Waals surface area contributed by atoms with E-state index >= 15 is 0 Å². The van der Waals surface area contributed by atoms with E-state index in [2.05, 4.69) is 133 Å². The molecule has 2 fully saturated rings. The van der Waals surface area contributed by atoms with Crippen molar-refractivity contribution in [2.75, 3.05) is 113 Å². The Bertz CT molecular complexity index is 6230. The van der Waals surface area contributed by atoms with Crippen LogP contribution in [0, 0.1) is 0 Å². The van der Waals surface area contributed by atoms with Gasteiger partial charge in [0.25, 0.3) is 0 Å². The molecule has 0 N–H and O–H groups in total. The van der Waals surface area contributed by atoms with E-state index < -0.39 is 46.1 Å². The van der Waals surface area contributed by atoms with Crippen molar-refractivity contribution in [3.05, 3.63) is 238 Å². The van der Waals surface area contributed by atoms with Gasteiger partial charge < -0.3 is 19.6 Å². The molecule has 14 rings (SSSR count). The Morgan fingerprint density at radius 2 is 0.734 bits per heavy atom. The van der Waals surface area contributed by atoms with E-state index in [1.165, 1.54) is 29.9 Å². The first-order valence-corrected chi connectivity index (χ1v) is 48.6. The third-order valence-electron chi connectivity index (χ3n) is 21.9. The highest BCUT2D eigenvalue weighted by molar-refractivity contribution is 7.92. The molecular weight excluding hydrogens is 1650 g/mol. The van der Waals surface area contributed by atoms with Crippen LogP contribution in [-0.2, 0) is 92.4 Å². The van der Waals surface area contributed by atoms with Gasteiger partial charge in [-0.05, 0) is 63.7 Å². The number of Topliss-reactive ketones (excluding diaryl/α,β-unsaturated/α-hetero) is 5. The minimum Gasteiger partial charge on any atom is -0.358 e. The number of rotatable bonds is 25. The first-order chi connectivity index (χ1) is 58.1. The Balaban J connectivity index is 0.000000161. The number of sulfone groups is 3. The number of carbonyl (C=O) groups is 5. The van der Waals surface area contributed by atoms with Gasteiger partial charge in [-0.25, -0.2) is 45.2 Å². The van der Waals surface area contributed by atoms with E-state index in [0.717, 1.165) is 28.5 Å². The molecule has 0 saturated carbocycles. The Morgan fingerprint density at radius 3 is 1.06 bits per heavy atom. The first-order valence-electron chi connectivity index (χ1n) is 41.4. The fourth-order valence-corrected chi connectivity index (χ4v) is 18.8. The number of nitrogens with zero attached hydrogens (tertiary/aromatic N) is 16. The third-order valence-corrected chi connectivity index (χ3v) is 27.5. The second kappa shape index (κ2) is 38.6. The SMILES string of the molecule is CC(=O)CS(=O)(=O)CCN(C)c1cc(CC(=O)c2ccc(C(C)(C)C)cc2)nc2ccnn12.CC(C)(C)c1ccc(C(=O)Cc2cc(N3CCS(=O)CC3)n3nccc3n2)cc1.CN(CCS(C)(=O)=O)c1cc(CC(=O)c2ccc(C(C)(C)C)cc2)nc2ccnn12.CN(c1cc(CC(=O)c2ccc(C(C)(C)C)cc2)nc2ccnn12)C1CCS(=O)(=O)CC1.